The zero-order valence-corrected chi connectivity index (χ0v) is 14.3. The normalized spacial score (nSPS) is 13.3. The van der Waals surface area contributed by atoms with Gasteiger partial charge in [0.2, 0.25) is 5.28 Å². The first kappa shape index (κ1) is 16.2. The number of fused-ring (bicyclic) bond motifs is 1. The molecule has 0 saturated carbocycles. The second-order valence-electron chi connectivity index (χ2n) is 4.75. The summed E-state index contributed by atoms with van der Waals surface area (Å²) in [5.41, 5.74) is 1.05. The number of hydrogen-bond acceptors (Lipinski definition) is 6. The van der Waals surface area contributed by atoms with Crippen LogP contribution in [0.1, 0.15) is 22.2 Å². The number of rotatable bonds is 4. The largest absolute Gasteiger partial charge is 0.465 e. The van der Waals surface area contributed by atoms with Crippen molar-refractivity contribution >= 4 is 46.4 Å². The molecule has 0 N–H and O–H groups in total. The third-order valence-electron chi connectivity index (χ3n) is 3.23. The van der Waals surface area contributed by atoms with E-state index in [0.29, 0.717) is 29.4 Å². The van der Waals surface area contributed by atoms with Gasteiger partial charge in [-0.3, -0.25) is 9.59 Å². The number of carbonyl (C=O) groups is 2. The SMILES string of the molecule is CCOC(=O)CN1Cc2sc(-c3nc(Cl)ncc3Cl)cc2C1=O. The van der Waals surface area contributed by atoms with Gasteiger partial charge >= 0.3 is 5.97 Å². The van der Waals surface area contributed by atoms with Crippen molar-refractivity contribution in [3.63, 3.8) is 0 Å². The standard InChI is InChI=1S/C14H11Cl2N3O3S/c1-2-22-11(20)6-19-5-10-7(13(19)21)3-9(23-10)12-8(15)4-17-14(16)18-12/h3-4H,2,5-6H2,1H3. The van der Waals surface area contributed by atoms with Crippen molar-refractivity contribution in [3.05, 3.63) is 33.0 Å². The van der Waals surface area contributed by atoms with E-state index in [1.54, 1.807) is 13.0 Å². The summed E-state index contributed by atoms with van der Waals surface area (Å²) >= 11 is 13.3. The number of ether oxygens (including phenoxy) is 1. The Labute approximate surface area is 146 Å². The Kier molecular flexibility index (Phi) is 4.52. The van der Waals surface area contributed by atoms with E-state index < -0.39 is 5.97 Å². The topological polar surface area (TPSA) is 72.4 Å². The van der Waals surface area contributed by atoms with Gasteiger partial charge in [0.1, 0.15) is 12.2 Å². The predicted octanol–water partition coefficient (Wildman–Crippen LogP) is 3.03. The Balaban J connectivity index is 1.83. The first-order chi connectivity index (χ1) is 11.0. The molecule has 0 atom stereocenters. The Morgan fingerprint density at radius 3 is 2.96 bits per heavy atom. The summed E-state index contributed by atoms with van der Waals surface area (Å²) < 4.78 is 4.87. The summed E-state index contributed by atoms with van der Waals surface area (Å²) in [6.07, 6.45) is 1.42. The molecule has 1 aliphatic rings. The van der Waals surface area contributed by atoms with Crippen LogP contribution in [0.4, 0.5) is 0 Å². The quantitative estimate of drug-likeness (QED) is 0.609. The smallest absolute Gasteiger partial charge is 0.325 e. The summed E-state index contributed by atoms with van der Waals surface area (Å²) in [4.78, 5) is 34.9. The van der Waals surface area contributed by atoms with Crippen molar-refractivity contribution in [2.75, 3.05) is 13.2 Å². The molecular formula is C14H11Cl2N3O3S. The molecule has 23 heavy (non-hydrogen) atoms. The number of amides is 1. The Morgan fingerprint density at radius 1 is 1.48 bits per heavy atom. The number of aromatic nitrogens is 2. The fourth-order valence-electron chi connectivity index (χ4n) is 2.27. The Bertz CT molecular complexity index is 794. The van der Waals surface area contributed by atoms with Crippen molar-refractivity contribution in [1.29, 1.82) is 0 Å². The van der Waals surface area contributed by atoms with Crippen LogP contribution in [0.5, 0.6) is 0 Å². The molecule has 9 heteroatoms. The maximum absolute atomic E-state index is 12.4. The molecule has 3 rings (SSSR count). The number of nitrogens with zero attached hydrogens (tertiary/aromatic N) is 3. The number of carbonyl (C=O) groups excluding carboxylic acids is 2. The van der Waals surface area contributed by atoms with Crippen LogP contribution in [0, 0.1) is 0 Å². The van der Waals surface area contributed by atoms with Gasteiger partial charge in [0.05, 0.1) is 34.8 Å². The van der Waals surface area contributed by atoms with E-state index in [9.17, 15) is 9.59 Å². The highest BCUT2D eigenvalue weighted by Gasteiger charge is 2.32. The van der Waals surface area contributed by atoms with Gasteiger partial charge in [0, 0.05) is 4.88 Å². The third kappa shape index (κ3) is 3.17. The molecule has 2 aromatic rings. The minimum absolute atomic E-state index is 0.0521. The Morgan fingerprint density at radius 2 is 2.26 bits per heavy atom. The van der Waals surface area contributed by atoms with Gasteiger partial charge in [-0.1, -0.05) is 11.6 Å². The van der Waals surface area contributed by atoms with E-state index in [-0.39, 0.29) is 17.7 Å². The Hall–Kier alpha value is -1.70. The minimum atomic E-state index is -0.415. The lowest BCUT2D eigenvalue weighted by Gasteiger charge is -2.14. The van der Waals surface area contributed by atoms with Crippen molar-refractivity contribution in [1.82, 2.24) is 14.9 Å². The van der Waals surface area contributed by atoms with Crippen LogP contribution in [0.25, 0.3) is 10.6 Å². The number of thiophene rings is 1. The first-order valence-corrected chi connectivity index (χ1v) is 8.33. The predicted molar refractivity (Wildman–Crippen MR) is 86.7 cm³/mol. The monoisotopic (exact) mass is 371 g/mol. The molecule has 0 bridgehead atoms. The molecule has 3 heterocycles. The number of halogens is 2. The van der Waals surface area contributed by atoms with Crippen molar-refractivity contribution in [2.45, 2.75) is 13.5 Å². The molecule has 120 valence electrons. The van der Waals surface area contributed by atoms with Gasteiger partial charge in [-0.25, -0.2) is 9.97 Å². The number of hydrogen-bond donors (Lipinski definition) is 0. The molecule has 1 aliphatic heterocycles. The lowest BCUT2D eigenvalue weighted by atomic mass is 10.2. The summed E-state index contributed by atoms with van der Waals surface area (Å²) in [6, 6.07) is 1.72. The van der Waals surface area contributed by atoms with Crippen LogP contribution >= 0.6 is 34.5 Å². The molecule has 2 aromatic heterocycles. The zero-order chi connectivity index (χ0) is 16.6. The van der Waals surface area contributed by atoms with Gasteiger partial charge in [0.25, 0.3) is 5.91 Å². The zero-order valence-electron chi connectivity index (χ0n) is 12.0. The average molecular weight is 372 g/mol. The van der Waals surface area contributed by atoms with E-state index in [1.807, 2.05) is 0 Å². The minimum Gasteiger partial charge on any atom is -0.465 e. The molecular weight excluding hydrogens is 361 g/mol. The molecule has 1 amide bonds. The molecule has 6 nitrogen and oxygen atoms in total. The highest BCUT2D eigenvalue weighted by atomic mass is 35.5. The lowest BCUT2D eigenvalue weighted by Crippen LogP contribution is -2.31. The van der Waals surface area contributed by atoms with E-state index in [1.165, 1.54) is 22.4 Å². The van der Waals surface area contributed by atoms with Gasteiger partial charge < -0.3 is 9.64 Å². The lowest BCUT2D eigenvalue weighted by molar-refractivity contribution is -0.143. The van der Waals surface area contributed by atoms with Crippen LogP contribution in [0.15, 0.2) is 12.3 Å². The maximum Gasteiger partial charge on any atom is 0.325 e. The van der Waals surface area contributed by atoms with E-state index in [4.69, 9.17) is 27.9 Å². The number of esters is 1. The van der Waals surface area contributed by atoms with E-state index >= 15 is 0 Å². The molecule has 0 spiro atoms. The van der Waals surface area contributed by atoms with Gasteiger partial charge in [-0.15, -0.1) is 11.3 Å². The van der Waals surface area contributed by atoms with Crippen molar-refractivity contribution < 1.29 is 14.3 Å². The molecule has 0 aromatic carbocycles. The van der Waals surface area contributed by atoms with Crippen molar-refractivity contribution in [2.24, 2.45) is 0 Å². The third-order valence-corrected chi connectivity index (χ3v) is 4.82. The molecule has 0 unspecified atom stereocenters. The maximum atomic E-state index is 12.4. The molecule has 0 fully saturated rings. The highest BCUT2D eigenvalue weighted by Crippen LogP contribution is 2.38. The highest BCUT2D eigenvalue weighted by molar-refractivity contribution is 7.16. The summed E-state index contributed by atoms with van der Waals surface area (Å²) in [5, 5.41) is 0.457. The molecule has 0 aliphatic carbocycles. The van der Waals surface area contributed by atoms with Crippen LogP contribution in [0.2, 0.25) is 10.3 Å². The molecule has 0 radical (unpaired) electrons. The first-order valence-electron chi connectivity index (χ1n) is 6.75. The second kappa shape index (κ2) is 6.43. The summed E-state index contributed by atoms with van der Waals surface area (Å²) in [6.45, 7) is 2.33. The molecule has 0 saturated heterocycles. The second-order valence-corrected chi connectivity index (χ2v) is 6.63. The summed E-state index contributed by atoms with van der Waals surface area (Å²) in [7, 11) is 0. The van der Waals surface area contributed by atoms with Crippen LogP contribution in [-0.2, 0) is 16.1 Å². The van der Waals surface area contributed by atoms with Crippen LogP contribution in [0.3, 0.4) is 0 Å². The van der Waals surface area contributed by atoms with Crippen LogP contribution in [-0.4, -0.2) is 39.9 Å². The fraction of sp³-hybridized carbons (Fsp3) is 0.286. The van der Waals surface area contributed by atoms with E-state index in [2.05, 4.69) is 9.97 Å². The van der Waals surface area contributed by atoms with E-state index in [0.717, 1.165) is 9.75 Å². The summed E-state index contributed by atoms with van der Waals surface area (Å²) in [5.74, 6) is -0.617. The van der Waals surface area contributed by atoms with Gasteiger partial charge in [-0.05, 0) is 24.6 Å². The van der Waals surface area contributed by atoms with Crippen molar-refractivity contribution in [3.8, 4) is 10.6 Å². The fourth-order valence-corrected chi connectivity index (χ4v) is 3.82. The van der Waals surface area contributed by atoms with Crippen LogP contribution < -0.4 is 0 Å². The van der Waals surface area contributed by atoms with Gasteiger partial charge in [-0.2, -0.15) is 0 Å². The van der Waals surface area contributed by atoms with Gasteiger partial charge in [0.15, 0.2) is 0 Å². The average Bonchev–Trinajstić information content (AvgIpc) is 3.03.